The van der Waals surface area contributed by atoms with Crippen molar-refractivity contribution in [2.24, 2.45) is 0 Å². The number of aromatic nitrogens is 5. The van der Waals surface area contributed by atoms with Crippen LogP contribution in [0.1, 0.15) is 40.5 Å². The third kappa shape index (κ3) is 4.07. The standard InChI is InChI=1S/C27H24N6O2/c1-18-7-9-19(10-8-18)25-30-31-26(35-25)20-11-13-21(14-12-20)27(34)32-15-4-5-22(17-32)24-29-28-23-6-2-3-16-33(23)24/h2-3,6-14,16,22H,4-5,15,17H2,1H3. The summed E-state index contributed by atoms with van der Waals surface area (Å²) in [5, 5.41) is 17.0. The summed E-state index contributed by atoms with van der Waals surface area (Å²) in [6.45, 7) is 3.39. The normalized spacial score (nSPS) is 16.0. The Morgan fingerprint density at radius 1 is 0.886 bits per heavy atom. The molecule has 0 saturated carbocycles. The first-order chi connectivity index (χ1) is 17.2. The highest BCUT2D eigenvalue weighted by Crippen LogP contribution is 2.28. The fourth-order valence-electron chi connectivity index (χ4n) is 4.60. The van der Waals surface area contributed by atoms with Gasteiger partial charge in [0.1, 0.15) is 5.82 Å². The molecule has 1 fully saturated rings. The SMILES string of the molecule is Cc1ccc(-c2nnc(-c3ccc(C(=O)N4CCCC(c5nnc6ccccn56)C4)cc3)o2)cc1. The Balaban J connectivity index is 1.17. The molecular formula is C27H24N6O2. The first kappa shape index (κ1) is 21.2. The van der Waals surface area contributed by atoms with Gasteiger partial charge < -0.3 is 9.32 Å². The first-order valence-corrected chi connectivity index (χ1v) is 11.8. The molecule has 0 bridgehead atoms. The van der Waals surface area contributed by atoms with E-state index in [0.717, 1.165) is 42.0 Å². The van der Waals surface area contributed by atoms with Gasteiger partial charge in [-0.05, 0) is 68.3 Å². The zero-order chi connectivity index (χ0) is 23.8. The minimum Gasteiger partial charge on any atom is -0.416 e. The number of hydrogen-bond acceptors (Lipinski definition) is 6. The van der Waals surface area contributed by atoms with E-state index in [1.54, 1.807) is 0 Å². The molecular weight excluding hydrogens is 440 g/mol. The lowest BCUT2D eigenvalue weighted by Crippen LogP contribution is -2.39. The highest BCUT2D eigenvalue weighted by atomic mass is 16.4. The number of amides is 1. The Kier molecular flexibility index (Phi) is 5.33. The van der Waals surface area contributed by atoms with Crippen molar-refractivity contribution >= 4 is 11.6 Å². The minimum absolute atomic E-state index is 0.0148. The molecule has 0 radical (unpaired) electrons. The molecule has 4 heterocycles. The summed E-state index contributed by atoms with van der Waals surface area (Å²) in [5.74, 6) is 1.98. The van der Waals surface area contributed by atoms with Crippen molar-refractivity contribution in [1.29, 1.82) is 0 Å². The maximum atomic E-state index is 13.3. The Morgan fingerprint density at radius 3 is 2.34 bits per heavy atom. The molecule has 8 nitrogen and oxygen atoms in total. The zero-order valence-corrected chi connectivity index (χ0v) is 19.3. The third-order valence-electron chi connectivity index (χ3n) is 6.52. The van der Waals surface area contributed by atoms with Crippen molar-refractivity contribution in [3.63, 3.8) is 0 Å². The third-order valence-corrected chi connectivity index (χ3v) is 6.52. The molecule has 1 aliphatic rings. The maximum Gasteiger partial charge on any atom is 0.253 e. The van der Waals surface area contributed by atoms with E-state index in [9.17, 15) is 4.79 Å². The fourth-order valence-corrected chi connectivity index (χ4v) is 4.60. The Labute approximate surface area is 202 Å². The lowest BCUT2D eigenvalue weighted by atomic mass is 9.96. The summed E-state index contributed by atoms with van der Waals surface area (Å²) in [4.78, 5) is 15.2. The van der Waals surface area contributed by atoms with Crippen LogP contribution in [0.3, 0.4) is 0 Å². The van der Waals surface area contributed by atoms with E-state index in [1.165, 1.54) is 5.56 Å². The van der Waals surface area contributed by atoms with Gasteiger partial charge in [-0.15, -0.1) is 20.4 Å². The second-order valence-electron chi connectivity index (χ2n) is 8.93. The number of carbonyl (C=O) groups is 1. The molecule has 0 spiro atoms. The molecule has 6 rings (SSSR count). The molecule has 1 unspecified atom stereocenters. The lowest BCUT2D eigenvalue weighted by Gasteiger charge is -2.32. The van der Waals surface area contributed by atoms with Gasteiger partial charge in [0.05, 0.1) is 0 Å². The molecule has 1 atom stereocenters. The highest BCUT2D eigenvalue weighted by molar-refractivity contribution is 5.94. The average molecular weight is 465 g/mol. The Hall–Kier alpha value is -4.33. The van der Waals surface area contributed by atoms with E-state index < -0.39 is 0 Å². The summed E-state index contributed by atoms with van der Waals surface area (Å²) >= 11 is 0. The van der Waals surface area contributed by atoms with Crippen LogP contribution in [0.5, 0.6) is 0 Å². The lowest BCUT2D eigenvalue weighted by molar-refractivity contribution is 0.0704. The van der Waals surface area contributed by atoms with Gasteiger partial charge in [0.2, 0.25) is 11.8 Å². The first-order valence-electron chi connectivity index (χ1n) is 11.8. The number of fused-ring (bicyclic) bond motifs is 1. The predicted octanol–water partition coefficient (Wildman–Crippen LogP) is 4.77. The highest BCUT2D eigenvalue weighted by Gasteiger charge is 2.28. The molecule has 1 saturated heterocycles. The van der Waals surface area contributed by atoms with E-state index in [0.29, 0.717) is 23.9 Å². The van der Waals surface area contributed by atoms with Crippen molar-refractivity contribution in [2.75, 3.05) is 13.1 Å². The van der Waals surface area contributed by atoms with E-state index in [-0.39, 0.29) is 11.8 Å². The van der Waals surface area contributed by atoms with Gasteiger partial charge in [-0.1, -0.05) is 23.8 Å². The molecule has 174 valence electrons. The van der Waals surface area contributed by atoms with Crippen molar-refractivity contribution in [3.8, 4) is 22.9 Å². The summed E-state index contributed by atoms with van der Waals surface area (Å²) in [5.41, 5.74) is 4.29. The summed E-state index contributed by atoms with van der Waals surface area (Å²) in [6, 6.07) is 21.2. The quantitative estimate of drug-likeness (QED) is 0.380. The number of rotatable bonds is 4. The van der Waals surface area contributed by atoms with E-state index in [2.05, 4.69) is 20.4 Å². The van der Waals surface area contributed by atoms with Gasteiger partial charge in [0.15, 0.2) is 5.65 Å². The van der Waals surface area contributed by atoms with Gasteiger partial charge in [-0.3, -0.25) is 9.20 Å². The van der Waals surface area contributed by atoms with Crippen LogP contribution in [0.15, 0.2) is 77.3 Å². The largest absolute Gasteiger partial charge is 0.416 e. The Morgan fingerprint density at radius 2 is 1.60 bits per heavy atom. The number of aryl methyl sites for hydroxylation is 1. The predicted molar refractivity (Wildman–Crippen MR) is 131 cm³/mol. The number of pyridine rings is 1. The summed E-state index contributed by atoms with van der Waals surface area (Å²) in [6.07, 6.45) is 3.89. The Bertz CT molecular complexity index is 1490. The van der Waals surface area contributed by atoms with E-state index >= 15 is 0 Å². The molecule has 8 heteroatoms. The van der Waals surface area contributed by atoms with Crippen molar-refractivity contribution < 1.29 is 9.21 Å². The van der Waals surface area contributed by atoms with Gasteiger partial charge in [0.25, 0.3) is 5.91 Å². The minimum atomic E-state index is 0.0148. The number of likely N-dealkylation sites (tertiary alicyclic amines) is 1. The molecule has 0 aliphatic carbocycles. The second kappa shape index (κ2) is 8.79. The zero-order valence-electron chi connectivity index (χ0n) is 19.3. The van der Waals surface area contributed by atoms with E-state index in [4.69, 9.17) is 4.42 Å². The van der Waals surface area contributed by atoms with Gasteiger partial charge >= 0.3 is 0 Å². The number of hydrogen-bond donors (Lipinski definition) is 0. The van der Waals surface area contributed by atoms with Crippen LogP contribution in [0.4, 0.5) is 0 Å². The van der Waals surface area contributed by atoms with Gasteiger partial charge in [-0.25, -0.2) is 0 Å². The summed E-state index contributed by atoms with van der Waals surface area (Å²) < 4.78 is 7.89. The number of piperidine rings is 1. The van der Waals surface area contributed by atoms with Crippen molar-refractivity contribution in [3.05, 3.63) is 89.9 Å². The van der Waals surface area contributed by atoms with Crippen LogP contribution in [0.2, 0.25) is 0 Å². The molecule has 5 aromatic rings. The molecule has 35 heavy (non-hydrogen) atoms. The molecule has 1 aliphatic heterocycles. The average Bonchev–Trinajstić information content (AvgIpc) is 3.57. The van der Waals surface area contributed by atoms with Gasteiger partial charge in [0, 0.05) is 41.9 Å². The van der Waals surface area contributed by atoms with Crippen LogP contribution >= 0.6 is 0 Å². The molecule has 1 amide bonds. The monoisotopic (exact) mass is 464 g/mol. The molecule has 2 aromatic carbocycles. The van der Waals surface area contributed by atoms with E-state index in [1.807, 2.05) is 89.2 Å². The maximum absolute atomic E-state index is 13.3. The number of benzene rings is 2. The van der Waals surface area contributed by atoms with Crippen LogP contribution in [-0.4, -0.2) is 48.7 Å². The van der Waals surface area contributed by atoms with Gasteiger partial charge in [-0.2, -0.15) is 0 Å². The van der Waals surface area contributed by atoms with Crippen LogP contribution < -0.4 is 0 Å². The molecule has 3 aromatic heterocycles. The summed E-state index contributed by atoms with van der Waals surface area (Å²) in [7, 11) is 0. The smallest absolute Gasteiger partial charge is 0.253 e. The topological polar surface area (TPSA) is 89.4 Å². The number of nitrogens with zero attached hydrogens (tertiary/aromatic N) is 6. The van der Waals surface area contributed by atoms with Crippen molar-refractivity contribution in [1.82, 2.24) is 29.7 Å². The van der Waals surface area contributed by atoms with Crippen LogP contribution in [0.25, 0.3) is 28.6 Å². The fraction of sp³-hybridized carbons (Fsp3) is 0.222. The van der Waals surface area contributed by atoms with Crippen LogP contribution in [0, 0.1) is 6.92 Å². The molecule has 0 N–H and O–H groups in total. The second-order valence-corrected chi connectivity index (χ2v) is 8.93. The van der Waals surface area contributed by atoms with Crippen LogP contribution in [-0.2, 0) is 0 Å². The number of carbonyl (C=O) groups excluding carboxylic acids is 1. The van der Waals surface area contributed by atoms with Crippen molar-refractivity contribution in [2.45, 2.75) is 25.7 Å².